The highest BCUT2D eigenvalue weighted by molar-refractivity contribution is 7.15. The van der Waals surface area contributed by atoms with Crippen molar-refractivity contribution < 1.29 is 14.7 Å². The highest BCUT2D eigenvalue weighted by atomic mass is 32.1. The number of carboxylic acids is 1. The number of thiazole rings is 1. The molecule has 0 saturated carbocycles. The van der Waals surface area contributed by atoms with E-state index in [1.807, 2.05) is 0 Å². The number of rotatable bonds is 5. The van der Waals surface area contributed by atoms with Crippen molar-refractivity contribution in [2.75, 3.05) is 0 Å². The summed E-state index contributed by atoms with van der Waals surface area (Å²) < 4.78 is 1.49. The summed E-state index contributed by atoms with van der Waals surface area (Å²) in [6.07, 6.45) is 3.18. The maximum Gasteiger partial charge on any atom is 0.336 e. The van der Waals surface area contributed by atoms with Crippen molar-refractivity contribution in [2.45, 2.75) is 6.54 Å². The number of aromatic nitrogens is 3. The van der Waals surface area contributed by atoms with Gasteiger partial charge in [0.05, 0.1) is 17.0 Å². The lowest BCUT2D eigenvalue weighted by Crippen LogP contribution is -2.24. The lowest BCUT2D eigenvalue weighted by Gasteiger charge is -2.03. The third kappa shape index (κ3) is 3.18. The molecule has 1 amide bonds. The van der Waals surface area contributed by atoms with E-state index in [0.29, 0.717) is 16.3 Å². The molecule has 0 saturated heterocycles. The lowest BCUT2D eigenvalue weighted by atomic mass is 10.1. The lowest BCUT2D eigenvalue weighted by molar-refractivity contribution is 0.0697. The first kappa shape index (κ1) is 15.9. The Morgan fingerprint density at radius 3 is 2.79 bits per heavy atom. The van der Waals surface area contributed by atoms with Crippen molar-refractivity contribution in [1.29, 1.82) is 0 Å². The summed E-state index contributed by atoms with van der Waals surface area (Å²) in [5.74, 6) is -1.22. The van der Waals surface area contributed by atoms with Crippen LogP contribution < -0.4 is 5.32 Å². The largest absolute Gasteiger partial charge is 0.478 e. The minimum atomic E-state index is -0.981. The number of hydrogen-bond acceptors (Lipinski definition) is 5. The van der Waals surface area contributed by atoms with Gasteiger partial charge in [-0.15, -0.1) is 11.3 Å². The molecule has 2 N–H and O–H groups in total. The summed E-state index contributed by atoms with van der Waals surface area (Å²) in [6, 6.07) is 8.40. The number of aryl methyl sites for hydroxylation is 1. The molecule has 122 valence electrons. The molecule has 3 aromatic rings. The second-order valence-electron chi connectivity index (χ2n) is 4.99. The molecule has 2 aromatic heterocycles. The Labute approximate surface area is 141 Å². The standard InChI is InChI=1S/C16H14N4O3S/c1-20-12(6-7-19-20)15(21)18-9-14-17-8-13(24-14)10-4-2-3-5-11(10)16(22)23/h2-8H,9H2,1H3,(H,18,21)(H,22,23). The average molecular weight is 342 g/mol. The third-order valence-corrected chi connectivity index (χ3v) is 4.46. The number of nitrogens with zero attached hydrogens (tertiary/aromatic N) is 3. The zero-order valence-electron chi connectivity index (χ0n) is 12.8. The topological polar surface area (TPSA) is 97.1 Å². The molecule has 24 heavy (non-hydrogen) atoms. The van der Waals surface area contributed by atoms with Crippen LogP contribution in [0.4, 0.5) is 0 Å². The van der Waals surface area contributed by atoms with Gasteiger partial charge in [-0.3, -0.25) is 9.48 Å². The fourth-order valence-electron chi connectivity index (χ4n) is 2.24. The van der Waals surface area contributed by atoms with Gasteiger partial charge in [0, 0.05) is 25.0 Å². The number of benzene rings is 1. The molecule has 0 atom stereocenters. The maximum absolute atomic E-state index is 12.0. The summed E-state index contributed by atoms with van der Waals surface area (Å²) >= 11 is 1.35. The second-order valence-corrected chi connectivity index (χ2v) is 6.11. The van der Waals surface area contributed by atoms with Gasteiger partial charge in [0.25, 0.3) is 5.91 Å². The van der Waals surface area contributed by atoms with Crippen molar-refractivity contribution in [3.05, 3.63) is 59.0 Å². The number of amides is 1. The molecule has 1 aromatic carbocycles. The van der Waals surface area contributed by atoms with Gasteiger partial charge in [-0.05, 0) is 12.1 Å². The number of nitrogens with one attached hydrogen (secondary N) is 1. The van der Waals surface area contributed by atoms with Gasteiger partial charge in [-0.25, -0.2) is 9.78 Å². The van der Waals surface area contributed by atoms with Crippen molar-refractivity contribution in [1.82, 2.24) is 20.1 Å². The Hall–Kier alpha value is -3.00. The first-order valence-corrected chi connectivity index (χ1v) is 7.91. The number of carbonyl (C=O) groups is 2. The molecule has 0 fully saturated rings. The van der Waals surface area contributed by atoms with Gasteiger partial charge in [-0.2, -0.15) is 5.10 Å². The SMILES string of the molecule is Cn1nccc1C(=O)NCc1ncc(-c2ccccc2C(=O)O)s1. The zero-order valence-corrected chi connectivity index (χ0v) is 13.6. The molecule has 8 heteroatoms. The summed E-state index contributed by atoms with van der Waals surface area (Å²) in [4.78, 5) is 28.4. The predicted molar refractivity (Wildman–Crippen MR) is 88.9 cm³/mol. The predicted octanol–water partition coefficient (Wildman–Crippen LogP) is 2.17. The number of aromatic carboxylic acids is 1. The van der Waals surface area contributed by atoms with E-state index >= 15 is 0 Å². The Balaban J connectivity index is 1.74. The summed E-state index contributed by atoms with van der Waals surface area (Å²) in [5.41, 5.74) is 1.31. The maximum atomic E-state index is 12.0. The highest BCUT2D eigenvalue weighted by Crippen LogP contribution is 2.29. The molecule has 0 aliphatic carbocycles. The molecular weight excluding hydrogens is 328 g/mol. The number of carbonyl (C=O) groups excluding carboxylic acids is 1. The first-order valence-electron chi connectivity index (χ1n) is 7.10. The van der Waals surface area contributed by atoms with Crippen molar-refractivity contribution in [2.24, 2.45) is 7.05 Å². The molecule has 0 radical (unpaired) electrons. The first-order chi connectivity index (χ1) is 11.6. The molecule has 0 aliphatic rings. The van der Waals surface area contributed by atoms with Crippen LogP contribution >= 0.6 is 11.3 Å². The normalized spacial score (nSPS) is 10.5. The number of hydrogen-bond donors (Lipinski definition) is 2. The van der Waals surface area contributed by atoms with Gasteiger partial charge in [0.1, 0.15) is 10.7 Å². The summed E-state index contributed by atoms with van der Waals surface area (Å²) in [5, 5.41) is 16.7. The molecule has 0 aliphatic heterocycles. The zero-order chi connectivity index (χ0) is 17.1. The smallest absolute Gasteiger partial charge is 0.336 e. The van der Waals surface area contributed by atoms with Gasteiger partial charge >= 0.3 is 5.97 Å². The molecule has 3 rings (SSSR count). The molecule has 2 heterocycles. The minimum Gasteiger partial charge on any atom is -0.478 e. The van der Waals surface area contributed by atoms with Crippen LogP contribution in [0.2, 0.25) is 0 Å². The van der Waals surface area contributed by atoms with E-state index in [0.717, 1.165) is 4.88 Å². The molecule has 0 unspecified atom stereocenters. The molecular formula is C16H14N4O3S. The molecule has 0 spiro atoms. The summed E-state index contributed by atoms with van der Waals surface area (Å²) in [7, 11) is 1.69. The molecule has 7 nitrogen and oxygen atoms in total. The van der Waals surface area contributed by atoms with Crippen LogP contribution in [-0.4, -0.2) is 31.7 Å². The Kier molecular flexibility index (Phi) is 4.39. The molecule has 0 bridgehead atoms. The van der Waals surface area contributed by atoms with Crippen LogP contribution in [0.3, 0.4) is 0 Å². The third-order valence-electron chi connectivity index (χ3n) is 3.43. The van der Waals surface area contributed by atoms with E-state index in [1.165, 1.54) is 16.0 Å². The minimum absolute atomic E-state index is 0.228. The summed E-state index contributed by atoms with van der Waals surface area (Å²) in [6.45, 7) is 0.268. The van der Waals surface area contributed by atoms with Gasteiger partial charge in [0.2, 0.25) is 0 Å². The van der Waals surface area contributed by atoms with E-state index in [4.69, 9.17) is 0 Å². The van der Waals surface area contributed by atoms with E-state index in [-0.39, 0.29) is 18.0 Å². The van der Waals surface area contributed by atoms with E-state index in [2.05, 4.69) is 15.4 Å². The fraction of sp³-hybridized carbons (Fsp3) is 0.125. The van der Waals surface area contributed by atoms with Crippen LogP contribution in [0.25, 0.3) is 10.4 Å². The number of carboxylic acid groups (broad SMARTS) is 1. The average Bonchev–Trinajstić information content (AvgIpc) is 3.21. The Bertz CT molecular complexity index is 900. The van der Waals surface area contributed by atoms with Crippen LogP contribution in [0.5, 0.6) is 0 Å². The quantitative estimate of drug-likeness (QED) is 0.741. The van der Waals surface area contributed by atoms with E-state index in [1.54, 1.807) is 49.8 Å². The fourth-order valence-corrected chi connectivity index (χ4v) is 3.14. The Morgan fingerprint density at radius 2 is 2.08 bits per heavy atom. The van der Waals surface area contributed by atoms with Gasteiger partial charge in [-0.1, -0.05) is 18.2 Å². The van der Waals surface area contributed by atoms with Crippen LogP contribution in [0.15, 0.2) is 42.7 Å². The van der Waals surface area contributed by atoms with Crippen LogP contribution in [0.1, 0.15) is 25.9 Å². The van der Waals surface area contributed by atoms with Crippen LogP contribution in [-0.2, 0) is 13.6 Å². The van der Waals surface area contributed by atoms with Crippen LogP contribution in [0, 0.1) is 0 Å². The highest BCUT2D eigenvalue weighted by Gasteiger charge is 2.14. The van der Waals surface area contributed by atoms with E-state index < -0.39 is 5.97 Å². The van der Waals surface area contributed by atoms with E-state index in [9.17, 15) is 14.7 Å². The monoisotopic (exact) mass is 342 g/mol. The van der Waals surface area contributed by atoms with Crippen molar-refractivity contribution in [3.63, 3.8) is 0 Å². The second kappa shape index (κ2) is 6.63. The van der Waals surface area contributed by atoms with Gasteiger partial charge in [0.15, 0.2) is 0 Å². The Morgan fingerprint density at radius 1 is 1.29 bits per heavy atom. The van der Waals surface area contributed by atoms with Crippen molar-refractivity contribution >= 4 is 23.2 Å². The van der Waals surface area contributed by atoms with Gasteiger partial charge < -0.3 is 10.4 Å². The van der Waals surface area contributed by atoms with Crippen molar-refractivity contribution in [3.8, 4) is 10.4 Å².